The second-order valence-electron chi connectivity index (χ2n) is 6.60. The smallest absolute Gasteiger partial charge is 0.187 e. The van der Waals surface area contributed by atoms with Crippen LogP contribution in [0.5, 0.6) is 0 Å². The Morgan fingerprint density at radius 1 is 0.731 bits per heavy atom. The maximum Gasteiger partial charge on any atom is 0.187 e. The van der Waals surface area contributed by atoms with Gasteiger partial charge in [-0.05, 0) is 13.8 Å². The van der Waals surface area contributed by atoms with Crippen LogP contribution in [-0.4, -0.2) is 116 Å². The lowest BCUT2D eigenvalue weighted by molar-refractivity contribution is -0.359. The molecule has 0 spiro atoms. The van der Waals surface area contributed by atoms with Crippen molar-refractivity contribution < 1.29 is 54.7 Å². The van der Waals surface area contributed by atoms with Crippen LogP contribution in [0.4, 0.5) is 0 Å². The van der Waals surface area contributed by atoms with Gasteiger partial charge in [-0.3, -0.25) is 0 Å². The van der Waals surface area contributed by atoms with E-state index >= 15 is 0 Å². The van der Waals surface area contributed by atoms with Gasteiger partial charge in [-0.2, -0.15) is 0 Å². The number of rotatable bonds is 6. The average Bonchev–Trinajstić information content (AvgIpc) is 2.62. The van der Waals surface area contributed by atoms with E-state index in [1.807, 2.05) is 0 Å². The molecule has 0 aromatic rings. The van der Waals surface area contributed by atoms with Crippen molar-refractivity contribution in [2.24, 2.45) is 0 Å². The van der Waals surface area contributed by atoms with E-state index in [0.717, 1.165) is 0 Å². The summed E-state index contributed by atoms with van der Waals surface area (Å²) in [5.41, 5.74) is 0. The molecule has 11 nitrogen and oxygen atoms in total. The molecular weight excluding hydrogens is 356 g/mol. The molecule has 154 valence electrons. The maximum absolute atomic E-state index is 10.4. The number of aliphatic hydroxyl groups is 7. The standard InChI is InChI=1S/C15H28O11/c1-5-8(18)10(20)11(21)14(23-5)26-13-9(19)6(2)24-15(12(13)22)25-7(3-16)4-17/h5-22H,3-4H2,1-2H3/t5-,6+,8-,9-,10+,11+,12+,13-,14-,15+/m0/s1. The number of hydrogen-bond acceptors (Lipinski definition) is 11. The SMILES string of the molecule is C[C@@H]1O[C@@H](O[C@H]2[C@@H](O)[C@@H](C)O[C@H](OC(CO)CO)[C@@H]2O)[C@H](O)[C@H](O)[C@H]1O. The molecule has 0 radical (unpaired) electrons. The quantitative estimate of drug-likeness (QED) is 0.237. The maximum atomic E-state index is 10.4. The van der Waals surface area contributed by atoms with Crippen LogP contribution in [0.2, 0.25) is 0 Å². The van der Waals surface area contributed by atoms with Gasteiger partial charge in [0.2, 0.25) is 0 Å². The fraction of sp³-hybridized carbons (Fsp3) is 1.00. The normalized spacial score (nSPS) is 47.3. The van der Waals surface area contributed by atoms with E-state index in [-0.39, 0.29) is 0 Å². The minimum absolute atomic E-state index is 0.516. The van der Waals surface area contributed by atoms with Crippen molar-refractivity contribution in [1.82, 2.24) is 0 Å². The molecule has 2 aliphatic rings. The van der Waals surface area contributed by atoms with Gasteiger partial charge in [0.25, 0.3) is 0 Å². The summed E-state index contributed by atoms with van der Waals surface area (Å²) in [6, 6.07) is 0. The van der Waals surface area contributed by atoms with Crippen LogP contribution in [0.1, 0.15) is 13.8 Å². The molecule has 11 heteroatoms. The van der Waals surface area contributed by atoms with E-state index in [4.69, 9.17) is 29.2 Å². The fourth-order valence-corrected chi connectivity index (χ4v) is 2.88. The van der Waals surface area contributed by atoms with Gasteiger partial charge in [-0.1, -0.05) is 0 Å². The highest BCUT2D eigenvalue weighted by Crippen LogP contribution is 2.29. The third-order valence-corrected chi connectivity index (χ3v) is 4.62. The lowest BCUT2D eigenvalue weighted by atomic mass is 9.97. The largest absolute Gasteiger partial charge is 0.394 e. The van der Waals surface area contributed by atoms with Crippen molar-refractivity contribution >= 4 is 0 Å². The van der Waals surface area contributed by atoms with Crippen molar-refractivity contribution in [3.63, 3.8) is 0 Å². The van der Waals surface area contributed by atoms with Crippen LogP contribution < -0.4 is 0 Å². The molecular formula is C15H28O11. The van der Waals surface area contributed by atoms with Crippen molar-refractivity contribution in [3.8, 4) is 0 Å². The highest BCUT2D eigenvalue weighted by atomic mass is 16.7. The first kappa shape index (κ1) is 21.9. The number of aliphatic hydroxyl groups excluding tert-OH is 7. The summed E-state index contributed by atoms with van der Waals surface area (Å²) in [6.07, 6.45) is -14.1. The Morgan fingerprint density at radius 3 is 1.85 bits per heavy atom. The lowest BCUT2D eigenvalue weighted by Crippen LogP contribution is -2.63. The summed E-state index contributed by atoms with van der Waals surface area (Å²) in [7, 11) is 0. The molecule has 2 aliphatic heterocycles. The molecule has 0 unspecified atom stereocenters. The number of hydrogen-bond donors (Lipinski definition) is 7. The molecule has 0 aliphatic carbocycles. The molecule has 0 aromatic carbocycles. The Bertz CT molecular complexity index is 434. The summed E-state index contributed by atoms with van der Waals surface area (Å²) >= 11 is 0. The third kappa shape index (κ3) is 4.51. The molecule has 0 aromatic heterocycles. The van der Waals surface area contributed by atoms with Crippen molar-refractivity contribution in [2.75, 3.05) is 13.2 Å². The zero-order chi connectivity index (χ0) is 19.6. The fourth-order valence-electron chi connectivity index (χ4n) is 2.88. The van der Waals surface area contributed by atoms with E-state index in [1.165, 1.54) is 13.8 Å². The molecule has 0 bridgehead atoms. The summed E-state index contributed by atoms with van der Waals surface area (Å²) in [4.78, 5) is 0. The zero-order valence-corrected chi connectivity index (χ0v) is 14.5. The van der Waals surface area contributed by atoms with Gasteiger partial charge in [0.1, 0.15) is 42.7 Å². The van der Waals surface area contributed by atoms with Gasteiger partial charge in [0, 0.05) is 0 Å². The van der Waals surface area contributed by atoms with E-state index in [1.54, 1.807) is 0 Å². The van der Waals surface area contributed by atoms with Gasteiger partial charge in [-0.25, -0.2) is 0 Å². The van der Waals surface area contributed by atoms with Crippen molar-refractivity contribution in [3.05, 3.63) is 0 Å². The third-order valence-electron chi connectivity index (χ3n) is 4.62. The molecule has 7 N–H and O–H groups in total. The molecule has 10 atom stereocenters. The zero-order valence-electron chi connectivity index (χ0n) is 14.5. The molecule has 2 fully saturated rings. The van der Waals surface area contributed by atoms with Gasteiger partial charge in [0.05, 0.1) is 25.4 Å². The Hall–Kier alpha value is -0.440. The van der Waals surface area contributed by atoms with E-state index in [9.17, 15) is 25.5 Å². The Morgan fingerprint density at radius 2 is 1.27 bits per heavy atom. The first-order valence-corrected chi connectivity index (χ1v) is 8.45. The average molecular weight is 384 g/mol. The minimum Gasteiger partial charge on any atom is -0.394 e. The van der Waals surface area contributed by atoms with Crippen molar-refractivity contribution in [2.45, 2.75) is 81.4 Å². The first-order valence-electron chi connectivity index (χ1n) is 8.45. The van der Waals surface area contributed by atoms with E-state index in [2.05, 4.69) is 0 Å². The molecule has 0 saturated carbocycles. The molecule has 0 amide bonds. The van der Waals surface area contributed by atoms with Gasteiger partial charge in [-0.15, -0.1) is 0 Å². The highest BCUT2D eigenvalue weighted by Gasteiger charge is 2.49. The summed E-state index contributed by atoms with van der Waals surface area (Å²) in [6.45, 7) is 1.93. The second-order valence-corrected chi connectivity index (χ2v) is 6.60. The van der Waals surface area contributed by atoms with Crippen LogP contribution in [0, 0.1) is 0 Å². The highest BCUT2D eigenvalue weighted by molar-refractivity contribution is 4.92. The molecule has 2 rings (SSSR count). The summed E-state index contributed by atoms with van der Waals surface area (Å²) in [5.74, 6) is 0. The van der Waals surface area contributed by atoms with Crippen molar-refractivity contribution in [1.29, 1.82) is 0 Å². The molecule has 2 heterocycles. The Balaban J connectivity index is 2.10. The molecule has 2 saturated heterocycles. The predicted octanol–water partition coefficient (Wildman–Crippen LogP) is -3.96. The first-order chi connectivity index (χ1) is 12.2. The lowest BCUT2D eigenvalue weighted by Gasteiger charge is -2.45. The molecule has 26 heavy (non-hydrogen) atoms. The number of ether oxygens (including phenoxy) is 4. The van der Waals surface area contributed by atoms with Crippen LogP contribution >= 0.6 is 0 Å². The Labute approximate surface area is 150 Å². The monoisotopic (exact) mass is 384 g/mol. The van der Waals surface area contributed by atoms with Gasteiger partial charge in [0.15, 0.2) is 12.6 Å². The second kappa shape index (κ2) is 9.17. The van der Waals surface area contributed by atoms with Crippen LogP contribution in [0.25, 0.3) is 0 Å². The van der Waals surface area contributed by atoms with Crippen LogP contribution in [0.3, 0.4) is 0 Å². The van der Waals surface area contributed by atoms with Gasteiger partial charge >= 0.3 is 0 Å². The minimum atomic E-state index is -1.61. The Kier molecular flexibility index (Phi) is 7.71. The predicted molar refractivity (Wildman–Crippen MR) is 82.6 cm³/mol. The van der Waals surface area contributed by atoms with Crippen LogP contribution in [0.15, 0.2) is 0 Å². The van der Waals surface area contributed by atoms with Gasteiger partial charge < -0.3 is 54.7 Å². The van der Waals surface area contributed by atoms with E-state index < -0.39 is 80.7 Å². The summed E-state index contributed by atoms with van der Waals surface area (Å²) in [5, 5.41) is 68.4. The summed E-state index contributed by atoms with van der Waals surface area (Å²) < 4.78 is 21.4. The topological polar surface area (TPSA) is 179 Å². The van der Waals surface area contributed by atoms with E-state index in [0.29, 0.717) is 0 Å². The van der Waals surface area contributed by atoms with Crippen LogP contribution in [-0.2, 0) is 18.9 Å².